The van der Waals surface area contributed by atoms with Crippen LogP contribution in [0.25, 0.3) is 0 Å². The van der Waals surface area contributed by atoms with Gasteiger partial charge in [-0.1, -0.05) is 0 Å². The molecule has 0 aliphatic heterocycles. The zero-order valence-corrected chi connectivity index (χ0v) is 10.0. The van der Waals surface area contributed by atoms with E-state index in [9.17, 15) is 8.42 Å². The Bertz CT molecular complexity index is 249. The summed E-state index contributed by atoms with van der Waals surface area (Å²) < 4.78 is 24.4. The van der Waals surface area contributed by atoms with Gasteiger partial charge in [0.05, 0.1) is 0 Å². The fourth-order valence-electron chi connectivity index (χ4n) is 0.483. The Morgan fingerprint density at radius 2 is 1.85 bits per heavy atom. The predicted molar refractivity (Wildman–Crippen MR) is 55.4 cm³/mol. The fourth-order valence-corrected chi connectivity index (χ4v) is 1.37. The molecule has 80 valence electrons. The van der Waals surface area contributed by atoms with Gasteiger partial charge in [0.1, 0.15) is 5.21 Å². The van der Waals surface area contributed by atoms with E-state index in [0.717, 1.165) is 0 Å². The van der Waals surface area contributed by atoms with Crippen LogP contribution >= 0.6 is 11.6 Å². The monoisotopic (exact) mass is 228 g/mol. The van der Waals surface area contributed by atoms with Crippen molar-refractivity contribution in [1.82, 2.24) is 9.62 Å². The lowest BCUT2D eigenvalue weighted by molar-refractivity contribution is 0.199. The van der Waals surface area contributed by atoms with Gasteiger partial charge in [0, 0.05) is 12.1 Å². The van der Waals surface area contributed by atoms with Crippen molar-refractivity contribution >= 4 is 21.6 Å². The molecule has 0 radical (unpaired) electrons. The molecule has 0 heterocycles. The number of likely N-dealkylation sites (N-methyl/N-ethyl adjacent to an activating group) is 1. The van der Waals surface area contributed by atoms with Crippen LogP contribution in [0.5, 0.6) is 0 Å². The van der Waals surface area contributed by atoms with E-state index in [1.807, 2.05) is 32.8 Å². The first-order valence-electron chi connectivity index (χ1n) is 3.92. The predicted octanol–water partition coefficient (Wildman–Crippen LogP) is 0.442. The van der Waals surface area contributed by atoms with Crippen molar-refractivity contribution in [2.45, 2.75) is 19.4 Å². The molecule has 0 saturated heterocycles. The van der Waals surface area contributed by atoms with Gasteiger partial charge in [-0.15, -0.1) is 11.6 Å². The minimum absolute atomic E-state index is 0.209. The lowest BCUT2D eigenvalue weighted by Crippen LogP contribution is -2.48. The molecule has 6 heteroatoms. The van der Waals surface area contributed by atoms with Crippen molar-refractivity contribution in [2.24, 2.45) is 0 Å². The highest BCUT2D eigenvalue weighted by molar-refractivity contribution is 7.90. The van der Waals surface area contributed by atoms with E-state index in [1.54, 1.807) is 0 Å². The first-order valence-corrected chi connectivity index (χ1v) is 6.11. The van der Waals surface area contributed by atoms with E-state index in [-0.39, 0.29) is 5.54 Å². The van der Waals surface area contributed by atoms with Gasteiger partial charge in [-0.25, -0.2) is 13.1 Å². The number of nitrogens with zero attached hydrogens (tertiary/aromatic N) is 1. The van der Waals surface area contributed by atoms with Crippen molar-refractivity contribution in [3.63, 3.8) is 0 Å². The van der Waals surface area contributed by atoms with E-state index in [2.05, 4.69) is 4.72 Å². The Labute approximate surface area is 85.3 Å². The molecule has 4 nitrogen and oxygen atoms in total. The summed E-state index contributed by atoms with van der Waals surface area (Å²) in [6.07, 6.45) is 0. The van der Waals surface area contributed by atoms with E-state index in [4.69, 9.17) is 11.6 Å². The Balaban J connectivity index is 4.18. The van der Waals surface area contributed by atoms with E-state index in [1.165, 1.54) is 0 Å². The molecule has 0 saturated carbocycles. The molecule has 0 aromatic heterocycles. The molecule has 0 unspecified atom stereocenters. The van der Waals surface area contributed by atoms with Gasteiger partial charge in [-0.3, -0.25) is 0 Å². The third-order valence-corrected chi connectivity index (χ3v) is 3.81. The van der Waals surface area contributed by atoms with Crippen LogP contribution in [0.15, 0.2) is 0 Å². The van der Waals surface area contributed by atoms with Crippen LogP contribution in [0.1, 0.15) is 13.8 Å². The molecule has 0 aliphatic rings. The standard InChI is InChI=1S/C7H17ClN2O2S/c1-7(2,10(3)4)5-9-13(11,12)6-8/h9H,5-6H2,1-4H3. The quantitative estimate of drug-likeness (QED) is 0.695. The Morgan fingerprint density at radius 3 is 2.15 bits per heavy atom. The first kappa shape index (κ1) is 13.2. The van der Waals surface area contributed by atoms with Gasteiger partial charge >= 0.3 is 0 Å². The zero-order valence-electron chi connectivity index (χ0n) is 8.46. The van der Waals surface area contributed by atoms with E-state index >= 15 is 0 Å². The second kappa shape index (κ2) is 4.59. The Hall–Kier alpha value is 0.160. The molecule has 0 amide bonds. The summed E-state index contributed by atoms with van der Waals surface area (Å²) in [6, 6.07) is 0. The maximum atomic E-state index is 11.0. The maximum Gasteiger partial charge on any atom is 0.225 e. The smallest absolute Gasteiger partial charge is 0.225 e. The average Bonchev–Trinajstić information content (AvgIpc) is 2.01. The van der Waals surface area contributed by atoms with E-state index < -0.39 is 15.2 Å². The number of halogens is 1. The van der Waals surface area contributed by atoms with Crippen LogP contribution in [0, 0.1) is 0 Å². The maximum absolute atomic E-state index is 11.0. The van der Waals surface area contributed by atoms with Crippen LogP contribution in [0.3, 0.4) is 0 Å². The Morgan fingerprint density at radius 1 is 1.38 bits per heavy atom. The van der Waals surface area contributed by atoms with Gasteiger partial charge in [0.25, 0.3) is 0 Å². The number of sulfonamides is 1. The zero-order chi connectivity index (χ0) is 10.7. The number of hydrogen-bond acceptors (Lipinski definition) is 3. The molecule has 0 aromatic carbocycles. The van der Waals surface area contributed by atoms with Crippen molar-refractivity contribution in [2.75, 3.05) is 25.9 Å². The van der Waals surface area contributed by atoms with Crippen molar-refractivity contribution in [1.29, 1.82) is 0 Å². The number of alkyl halides is 1. The molecule has 0 rings (SSSR count). The van der Waals surface area contributed by atoms with Gasteiger partial charge in [-0.2, -0.15) is 0 Å². The molecular formula is C7H17ClN2O2S. The second-order valence-electron chi connectivity index (χ2n) is 3.75. The summed E-state index contributed by atoms with van der Waals surface area (Å²) in [5.74, 6) is 0. The highest BCUT2D eigenvalue weighted by atomic mass is 35.5. The lowest BCUT2D eigenvalue weighted by Gasteiger charge is -2.32. The fraction of sp³-hybridized carbons (Fsp3) is 1.00. The summed E-state index contributed by atoms with van der Waals surface area (Å²) >= 11 is 5.24. The van der Waals surface area contributed by atoms with Crippen LogP contribution in [0.2, 0.25) is 0 Å². The summed E-state index contributed by atoms with van der Waals surface area (Å²) in [5, 5.41) is -0.392. The van der Waals surface area contributed by atoms with Crippen LogP contribution in [0.4, 0.5) is 0 Å². The Kier molecular flexibility index (Phi) is 4.65. The SMILES string of the molecule is CN(C)C(C)(C)CNS(=O)(=O)CCl. The van der Waals surface area contributed by atoms with Gasteiger partial charge in [-0.05, 0) is 27.9 Å². The molecule has 0 aliphatic carbocycles. The highest BCUT2D eigenvalue weighted by Crippen LogP contribution is 2.08. The molecule has 0 spiro atoms. The van der Waals surface area contributed by atoms with Gasteiger partial charge < -0.3 is 4.90 Å². The molecule has 13 heavy (non-hydrogen) atoms. The molecule has 1 N–H and O–H groups in total. The lowest BCUT2D eigenvalue weighted by atomic mass is 10.1. The van der Waals surface area contributed by atoms with E-state index in [0.29, 0.717) is 6.54 Å². The van der Waals surface area contributed by atoms with Crippen LogP contribution < -0.4 is 4.72 Å². The summed E-state index contributed by atoms with van der Waals surface area (Å²) in [5.41, 5.74) is -0.209. The van der Waals surface area contributed by atoms with Gasteiger partial charge in [0.15, 0.2) is 0 Å². The molecule has 0 aromatic rings. The van der Waals surface area contributed by atoms with Crippen molar-refractivity contribution < 1.29 is 8.42 Å². The number of hydrogen-bond donors (Lipinski definition) is 1. The minimum atomic E-state index is -3.30. The normalized spacial score (nSPS) is 13.7. The topological polar surface area (TPSA) is 49.4 Å². The third-order valence-electron chi connectivity index (χ3n) is 2.08. The van der Waals surface area contributed by atoms with Gasteiger partial charge in [0.2, 0.25) is 10.0 Å². The third kappa shape index (κ3) is 4.81. The number of rotatable bonds is 5. The largest absolute Gasteiger partial charge is 0.303 e. The highest BCUT2D eigenvalue weighted by Gasteiger charge is 2.22. The summed E-state index contributed by atoms with van der Waals surface area (Å²) in [4.78, 5) is 1.95. The van der Waals surface area contributed by atoms with Crippen LogP contribution in [-0.4, -0.2) is 44.7 Å². The molecule has 0 fully saturated rings. The molecular weight excluding hydrogens is 212 g/mol. The summed E-state index contributed by atoms with van der Waals surface area (Å²) in [6.45, 7) is 4.25. The molecule has 0 atom stereocenters. The number of nitrogens with one attached hydrogen (secondary N) is 1. The molecule has 0 bridgehead atoms. The first-order chi connectivity index (χ1) is 5.71. The van der Waals surface area contributed by atoms with Crippen LogP contribution in [-0.2, 0) is 10.0 Å². The van der Waals surface area contributed by atoms with Crippen molar-refractivity contribution in [3.05, 3.63) is 0 Å². The average molecular weight is 229 g/mol. The summed E-state index contributed by atoms with van der Waals surface area (Å²) in [7, 11) is 0.498. The second-order valence-corrected chi connectivity index (χ2v) is 6.14. The van der Waals surface area contributed by atoms with Crippen molar-refractivity contribution in [3.8, 4) is 0 Å². The minimum Gasteiger partial charge on any atom is -0.303 e.